The molecule has 0 spiro atoms. The third-order valence-electron chi connectivity index (χ3n) is 7.22. The van der Waals surface area contributed by atoms with E-state index in [2.05, 4.69) is 6.92 Å². The van der Waals surface area contributed by atoms with Gasteiger partial charge in [0.1, 0.15) is 5.60 Å². The van der Waals surface area contributed by atoms with Gasteiger partial charge in [-0.05, 0) is 38.0 Å². The topological polar surface area (TPSA) is 76.0 Å². The third-order valence-corrected chi connectivity index (χ3v) is 7.22. The van der Waals surface area contributed by atoms with Crippen molar-refractivity contribution in [2.45, 2.75) is 63.3 Å². The van der Waals surface area contributed by atoms with Crippen molar-refractivity contribution in [3.05, 3.63) is 0 Å². The van der Waals surface area contributed by atoms with Crippen LogP contribution >= 0.6 is 0 Å². The molecule has 0 amide bonds. The van der Waals surface area contributed by atoms with Gasteiger partial charge in [0.2, 0.25) is 0 Å². The van der Waals surface area contributed by atoms with Crippen LogP contribution in [0.2, 0.25) is 0 Å². The highest BCUT2D eigenvalue weighted by molar-refractivity contribution is 5.94. The van der Waals surface area contributed by atoms with Gasteiger partial charge in [0.05, 0.1) is 18.1 Å². The first-order chi connectivity index (χ1) is 9.18. The minimum atomic E-state index is -1.16. The lowest BCUT2D eigenvalue weighted by Crippen LogP contribution is -2.84. The van der Waals surface area contributed by atoms with Crippen LogP contribution in [0.1, 0.15) is 46.5 Å². The van der Waals surface area contributed by atoms with Crippen molar-refractivity contribution in [1.29, 1.82) is 0 Å². The molecule has 0 aromatic heterocycles. The second-order valence-electron chi connectivity index (χ2n) is 8.10. The Hall–Kier alpha value is -0.490. The zero-order valence-electron chi connectivity index (χ0n) is 12.2. The van der Waals surface area contributed by atoms with Crippen LogP contribution in [0.3, 0.4) is 0 Å². The molecule has 2 N–H and O–H groups in total. The summed E-state index contributed by atoms with van der Waals surface area (Å²) in [6, 6.07) is 0. The van der Waals surface area contributed by atoms with Crippen LogP contribution in [0, 0.1) is 16.7 Å². The van der Waals surface area contributed by atoms with Crippen LogP contribution in [0.4, 0.5) is 0 Å². The Labute approximate surface area is 118 Å². The summed E-state index contributed by atoms with van der Waals surface area (Å²) >= 11 is 0. The standard InChI is InChI=1S/C15H22O5/c1-11-6-9-10(16)13(3,19-8-11)15(20-18)5-4-12(15,2)14(9,17)7-11/h9,17-18H,4-8H2,1-3H3. The minimum absolute atomic E-state index is 0.104. The predicted octanol–water partition coefficient (Wildman–Crippen LogP) is 1.53. The smallest absolute Gasteiger partial charge is 0.173 e. The molecule has 6 unspecified atom stereocenters. The first-order valence-corrected chi connectivity index (χ1v) is 7.41. The SMILES string of the molecule is CC12COC3(C)C(=O)C(C1)C(O)(C2)C1(C)CCC31OO. The van der Waals surface area contributed by atoms with Crippen LogP contribution in [0.25, 0.3) is 0 Å². The molecule has 4 fully saturated rings. The molecule has 1 aliphatic heterocycles. The maximum atomic E-state index is 13.0. The van der Waals surface area contributed by atoms with Crippen LogP contribution in [0.15, 0.2) is 0 Å². The number of fused-ring (bicyclic) bond motifs is 5. The molecule has 1 saturated heterocycles. The molecular weight excluding hydrogens is 260 g/mol. The molecular formula is C15H22O5. The number of carbonyl (C=O) groups excluding carboxylic acids is 1. The fraction of sp³-hybridized carbons (Fsp3) is 0.933. The molecule has 4 aliphatic rings. The van der Waals surface area contributed by atoms with Crippen molar-refractivity contribution in [3.63, 3.8) is 0 Å². The molecule has 20 heavy (non-hydrogen) atoms. The van der Waals surface area contributed by atoms with Gasteiger partial charge in [0, 0.05) is 5.41 Å². The molecule has 3 saturated carbocycles. The van der Waals surface area contributed by atoms with Crippen LogP contribution in [0.5, 0.6) is 0 Å². The second-order valence-corrected chi connectivity index (χ2v) is 8.10. The Balaban J connectivity index is 2.00. The first-order valence-electron chi connectivity index (χ1n) is 7.41. The highest BCUT2D eigenvalue weighted by atomic mass is 17.1. The number of ether oxygens (including phenoxy) is 1. The zero-order valence-corrected chi connectivity index (χ0v) is 12.2. The van der Waals surface area contributed by atoms with Crippen molar-refractivity contribution < 1.29 is 24.8 Å². The fourth-order valence-electron chi connectivity index (χ4n) is 5.84. The number of aliphatic hydroxyl groups is 1. The van der Waals surface area contributed by atoms with E-state index in [0.717, 1.165) is 6.42 Å². The minimum Gasteiger partial charge on any atom is -0.388 e. The highest BCUT2D eigenvalue weighted by Gasteiger charge is 2.85. The van der Waals surface area contributed by atoms with E-state index in [-0.39, 0.29) is 11.2 Å². The van der Waals surface area contributed by atoms with E-state index in [1.54, 1.807) is 6.92 Å². The monoisotopic (exact) mass is 282 g/mol. The molecule has 3 aliphatic carbocycles. The summed E-state index contributed by atoms with van der Waals surface area (Å²) in [5, 5.41) is 21.0. The van der Waals surface area contributed by atoms with Gasteiger partial charge in [-0.1, -0.05) is 13.8 Å². The lowest BCUT2D eigenvalue weighted by molar-refractivity contribution is -0.451. The van der Waals surface area contributed by atoms with Crippen molar-refractivity contribution in [1.82, 2.24) is 0 Å². The Morgan fingerprint density at radius 3 is 2.55 bits per heavy atom. The summed E-state index contributed by atoms with van der Waals surface area (Å²) in [7, 11) is 0. The van der Waals surface area contributed by atoms with Crippen molar-refractivity contribution in [2.24, 2.45) is 16.7 Å². The molecule has 0 aromatic carbocycles. The summed E-state index contributed by atoms with van der Waals surface area (Å²) in [6.07, 6.45) is 2.47. The summed E-state index contributed by atoms with van der Waals surface area (Å²) in [5.74, 6) is -0.513. The maximum Gasteiger partial charge on any atom is 0.173 e. The lowest BCUT2D eigenvalue weighted by atomic mass is 9.39. The van der Waals surface area contributed by atoms with E-state index in [0.29, 0.717) is 25.9 Å². The Bertz CT molecular complexity index is 516. The van der Waals surface area contributed by atoms with E-state index in [1.807, 2.05) is 6.92 Å². The number of rotatable bonds is 1. The average Bonchev–Trinajstić information content (AvgIpc) is 2.62. The van der Waals surface area contributed by atoms with Gasteiger partial charge >= 0.3 is 0 Å². The second kappa shape index (κ2) is 3.14. The molecule has 0 aromatic rings. The lowest BCUT2D eigenvalue weighted by Gasteiger charge is -2.71. The molecule has 5 heteroatoms. The van der Waals surface area contributed by atoms with Gasteiger partial charge in [0.25, 0.3) is 0 Å². The highest BCUT2D eigenvalue weighted by Crippen LogP contribution is 2.74. The third kappa shape index (κ3) is 0.960. The van der Waals surface area contributed by atoms with E-state index in [9.17, 15) is 15.2 Å². The predicted molar refractivity (Wildman–Crippen MR) is 68.9 cm³/mol. The van der Waals surface area contributed by atoms with Gasteiger partial charge in [0.15, 0.2) is 11.4 Å². The molecule has 4 rings (SSSR count). The first kappa shape index (κ1) is 13.2. The summed E-state index contributed by atoms with van der Waals surface area (Å²) in [5.41, 5.74) is -4.19. The van der Waals surface area contributed by atoms with Crippen molar-refractivity contribution >= 4 is 5.78 Å². The van der Waals surface area contributed by atoms with Gasteiger partial charge in [-0.15, -0.1) is 0 Å². The summed E-state index contributed by atoms with van der Waals surface area (Å²) in [4.78, 5) is 17.8. The summed E-state index contributed by atoms with van der Waals surface area (Å²) < 4.78 is 6.02. The molecule has 0 radical (unpaired) electrons. The van der Waals surface area contributed by atoms with Crippen molar-refractivity contribution in [3.8, 4) is 0 Å². The van der Waals surface area contributed by atoms with E-state index in [1.165, 1.54) is 0 Å². The summed E-state index contributed by atoms with van der Waals surface area (Å²) in [6.45, 7) is 6.17. The zero-order chi connectivity index (χ0) is 14.6. The number of hydrogen-bond acceptors (Lipinski definition) is 5. The number of hydrogen-bond donors (Lipinski definition) is 2. The van der Waals surface area contributed by atoms with Gasteiger partial charge in [-0.3, -0.25) is 10.1 Å². The fourth-order valence-corrected chi connectivity index (χ4v) is 5.84. The number of carbonyl (C=O) groups is 1. The quantitative estimate of drug-likeness (QED) is 0.563. The maximum absolute atomic E-state index is 13.0. The van der Waals surface area contributed by atoms with Crippen LogP contribution < -0.4 is 0 Å². The van der Waals surface area contributed by atoms with E-state index in [4.69, 9.17) is 9.62 Å². The van der Waals surface area contributed by atoms with Gasteiger partial charge < -0.3 is 9.84 Å². The largest absolute Gasteiger partial charge is 0.388 e. The Morgan fingerprint density at radius 1 is 1.30 bits per heavy atom. The Morgan fingerprint density at radius 2 is 2.00 bits per heavy atom. The molecule has 3 bridgehead atoms. The molecule has 1 heterocycles. The van der Waals surface area contributed by atoms with Crippen LogP contribution in [-0.2, 0) is 14.4 Å². The number of ketones is 1. The molecule has 6 atom stereocenters. The van der Waals surface area contributed by atoms with E-state index < -0.39 is 28.1 Å². The number of Topliss-reactive ketones (excluding diaryl/α,β-unsaturated/α-hetero) is 1. The van der Waals surface area contributed by atoms with Gasteiger partial charge in [-0.2, -0.15) is 0 Å². The normalized spacial score (nSPS) is 63.9. The van der Waals surface area contributed by atoms with Crippen molar-refractivity contribution in [2.75, 3.05) is 6.61 Å². The van der Waals surface area contributed by atoms with Gasteiger partial charge in [-0.25, -0.2) is 4.89 Å². The average molecular weight is 282 g/mol. The Kier molecular flexibility index (Phi) is 2.07. The van der Waals surface area contributed by atoms with E-state index >= 15 is 0 Å². The van der Waals surface area contributed by atoms with Crippen LogP contribution in [-0.4, -0.2) is 39.6 Å². The molecule has 5 nitrogen and oxygen atoms in total. The molecule has 112 valence electrons.